The number of ether oxygens (including phenoxy) is 3. The van der Waals surface area contributed by atoms with E-state index in [2.05, 4.69) is 45.1 Å². The van der Waals surface area contributed by atoms with Crippen molar-refractivity contribution in [2.75, 3.05) is 13.2 Å². The summed E-state index contributed by atoms with van der Waals surface area (Å²) in [6.07, 6.45) is 51.6. The molecule has 0 radical (unpaired) electrons. The molecule has 0 aliphatic carbocycles. The number of carbonyl (C=O) groups is 3. The Bertz CT molecular complexity index is 927. The topological polar surface area (TPSA) is 78.9 Å². The Balaban J connectivity index is 4.30. The summed E-state index contributed by atoms with van der Waals surface area (Å²) in [7, 11) is 0. The molecular formula is C51H94O6. The minimum absolute atomic E-state index is 0.0730. The van der Waals surface area contributed by atoms with Gasteiger partial charge in [0.15, 0.2) is 6.10 Å². The van der Waals surface area contributed by atoms with E-state index in [-0.39, 0.29) is 31.1 Å². The summed E-state index contributed by atoms with van der Waals surface area (Å²) < 4.78 is 16.7. The van der Waals surface area contributed by atoms with E-state index in [4.69, 9.17) is 14.2 Å². The van der Waals surface area contributed by atoms with Crippen molar-refractivity contribution >= 4 is 17.9 Å². The van der Waals surface area contributed by atoms with Crippen LogP contribution in [0.1, 0.15) is 265 Å². The lowest BCUT2D eigenvalue weighted by Crippen LogP contribution is -2.30. The maximum atomic E-state index is 12.7. The van der Waals surface area contributed by atoms with Crippen LogP contribution in [0.25, 0.3) is 0 Å². The van der Waals surface area contributed by atoms with Crippen LogP contribution >= 0.6 is 0 Å². The Labute approximate surface area is 353 Å². The zero-order valence-corrected chi connectivity index (χ0v) is 38.1. The highest BCUT2D eigenvalue weighted by molar-refractivity contribution is 5.71. The number of unbranched alkanes of at least 4 members (excludes halogenated alkanes) is 30. The van der Waals surface area contributed by atoms with Crippen LogP contribution in [0.4, 0.5) is 0 Å². The molecule has 0 rings (SSSR count). The first-order valence-electron chi connectivity index (χ1n) is 24.8. The van der Waals surface area contributed by atoms with Gasteiger partial charge in [-0.1, -0.05) is 206 Å². The number of esters is 3. The Kier molecular flexibility index (Phi) is 44.9. The molecule has 1 atom stereocenters. The molecule has 0 aromatic carbocycles. The van der Waals surface area contributed by atoms with Gasteiger partial charge in [0.2, 0.25) is 0 Å². The van der Waals surface area contributed by atoms with E-state index in [0.29, 0.717) is 19.3 Å². The molecule has 0 fully saturated rings. The smallest absolute Gasteiger partial charge is 0.306 e. The zero-order chi connectivity index (χ0) is 41.5. The van der Waals surface area contributed by atoms with Crippen LogP contribution < -0.4 is 0 Å². The van der Waals surface area contributed by atoms with E-state index >= 15 is 0 Å². The van der Waals surface area contributed by atoms with Crippen molar-refractivity contribution < 1.29 is 28.6 Å². The van der Waals surface area contributed by atoms with Crippen LogP contribution in [0.15, 0.2) is 24.3 Å². The summed E-state index contributed by atoms with van der Waals surface area (Å²) in [6.45, 7) is 6.57. The predicted molar refractivity (Wildman–Crippen MR) is 243 cm³/mol. The van der Waals surface area contributed by atoms with E-state index < -0.39 is 6.10 Å². The quantitative estimate of drug-likeness (QED) is 0.0264. The average Bonchev–Trinajstić information content (AvgIpc) is 3.21. The van der Waals surface area contributed by atoms with Crippen molar-refractivity contribution in [3.8, 4) is 0 Å². The average molecular weight is 803 g/mol. The van der Waals surface area contributed by atoms with Crippen LogP contribution in [0, 0.1) is 0 Å². The second-order valence-corrected chi connectivity index (χ2v) is 16.7. The van der Waals surface area contributed by atoms with E-state index in [1.807, 2.05) is 0 Å². The monoisotopic (exact) mass is 803 g/mol. The third-order valence-electron chi connectivity index (χ3n) is 10.9. The lowest BCUT2D eigenvalue weighted by molar-refractivity contribution is -0.167. The second-order valence-electron chi connectivity index (χ2n) is 16.7. The van der Waals surface area contributed by atoms with Crippen LogP contribution in [-0.4, -0.2) is 37.2 Å². The van der Waals surface area contributed by atoms with E-state index in [9.17, 15) is 14.4 Å². The highest BCUT2D eigenvalue weighted by atomic mass is 16.6. The Hall–Kier alpha value is -2.11. The van der Waals surface area contributed by atoms with Gasteiger partial charge in [0.1, 0.15) is 13.2 Å². The van der Waals surface area contributed by atoms with Crippen LogP contribution in [0.5, 0.6) is 0 Å². The summed E-state index contributed by atoms with van der Waals surface area (Å²) in [5.41, 5.74) is 0. The summed E-state index contributed by atoms with van der Waals surface area (Å²) in [5.74, 6) is -0.879. The lowest BCUT2D eigenvalue weighted by atomic mass is 10.0. The van der Waals surface area contributed by atoms with Gasteiger partial charge in [0.25, 0.3) is 0 Å². The molecule has 334 valence electrons. The minimum Gasteiger partial charge on any atom is -0.462 e. The van der Waals surface area contributed by atoms with Crippen molar-refractivity contribution in [3.05, 3.63) is 24.3 Å². The van der Waals surface area contributed by atoms with E-state index in [1.54, 1.807) is 0 Å². The molecule has 0 saturated carbocycles. The molecule has 1 unspecified atom stereocenters. The summed E-state index contributed by atoms with van der Waals surface area (Å²) in [4.78, 5) is 37.8. The van der Waals surface area contributed by atoms with Gasteiger partial charge < -0.3 is 14.2 Å². The van der Waals surface area contributed by atoms with Gasteiger partial charge >= 0.3 is 17.9 Å². The van der Waals surface area contributed by atoms with Crippen molar-refractivity contribution in [1.82, 2.24) is 0 Å². The number of rotatable bonds is 45. The SMILES string of the molecule is CCC/C=C\CCCCCCCC(=O)OCC(COC(=O)CCCCCCCCC/C=C\CCCCCCCC)OC(=O)CCCCCCCCCCCCCC. The van der Waals surface area contributed by atoms with Crippen LogP contribution in [0.2, 0.25) is 0 Å². The predicted octanol–water partition coefficient (Wildman–Crippen LogP) is 16.0. The largest absolute Gasteiger partial charge is 0.462 e. The number of hydrogen-bond acceptors (Lipinski definition) is 6. The van der Waals surface area contributed by atoms with Crippen molar-refractivity contribution in [3.63, 3.8) is 0 Å². The summed E-state index contributed by atoms with van der Waals surface area (Å²) >= 11 is 0. The third kappa shape index (κ3) is 44.8. The van der Waals surface area contributed by atoms with E-state index in [0.717, 1.165) is 70.6 Å². The molecule has 0 N–H and O–H groups in total. The lowest BCUT2D eigenvalue weighted by Gasteiger charge is -2.18. The molecule has 0 bridgehead atoms. The van der Waals surface area contributed by atoms with Crippen LogP contribution in [-0.2, 0) is 28.6 Å². The number of allylic oxidation sites excluding steroid dienone is 4. The van der Waals surface area contributed by atoms with Gasteiger partial charge in [-0.3, -0.25) is 14.4 Å². The maximum absolute atomic E-state index is 12.7. The number of carbonyl (C=O) groups excluding carboxylic acids is 3. The summed E-state index contributed by atoms with van der Waals surface area (Å²) in [5, 5.41) is 0. The highest BCUT2D eigenvalue weighted by Crippen LogP contribution is 2.15. The molecule has 6 nitrogen and oxygen atoms in total. The van der Waals surface area contributed by atoms with Gasteiger partial charge in [-0.25, -0.2) is 0 Å². The standard InChI is InChI=1S/C51H94O6/c1-4-7-10-13-16-19-22-24-25-26-27-28-30-32-35-38-41-44-50(53)56-47-48(46-55-49(52)43-40-37-34-31-21-18-15-12-9-6-3)57-51(54)45-42-39-36-33-29-23-20-17-14-11-8-5-2/h12,15,24-25,48H,4-11,13-14,16-23,26-47H2,1-3H3/b15-12-,25-24-. The highest BCUT2D eigenvalue weighted by Gasteiger charge is 2.19. The Morgan fingerprint density at radius 3 is 0.947 bits per heavy atom. The Morgan fingerprint density at radius 2 is 0.614 bits per heavy atom. The Morgan fingerprint density at radius 1 is 0.333 bits per heavy atom. The van der Waals surface area contributed by atoms with Gasteiger partial charge in [0, 0.05) is 19.3 Å². The fourth-order valence-electron chi connectivity index (χ4n) is 7.15. The van der Waals surface area contributed by atoms with Crippen molar-refractivity contribution in [2.45, 2.75) is 271 Å². The molecule has 0 spiro atoms. The second kappa shape index (κ2) is 46.6. The molecule has 57 heavy (non-hydrogen) atoms. The van der Waals surface area contributed by atoms with Crippen LogP contribution in [0.3, 0.4) is 0 Å². The molecule has 0 aliphatic heterocycles. The normalized spacial score (nSPS) is 12.1. The summed E-state index contributed by atoms with van der Waals surface area (Å²) in [6, 6.07) is 0. The first-order chi connectivity index (χ1) is 28.0. The van der Waals surface area contributed by atoms with Gasteiger partial charge in [-0.2, -0.15) is 0 Å². The molecule has 0 aromatic rings. The maximum Gasteiger partial charge on any atom is 0.306 e. The zero-order valence-electron chi connectivity index (χ0n) is 38.1. The third-order valence-corrected chi connectivity index (χ3v) is 10.9. The van der Waals surface area contributed by atoms with E-state index in [1.165, 1.54) is 154 Å². The minimum atomic E-state index is -0.770. The fourth-order valence-corrected chi connectivity index (χ4v) is 7.15. The fraction of sp³-hybridized carbons (Fsp3) is 0.863. The molecule has 6 heteroatoms. The van der Waals surface area contributed by atoms with Gasteiger partial charge in [0.05, 0.1) is 0 Å². The van der Waals surface area contributed by atoms with Gasteiger partial charge in [-0.05, 0) is 64.2 Å². The first-order valence-corrected chi connectivity index (χ1v) is 24.8. The molecule has 0 saturated heterocycles. The first kappa shape index (κ1) is 54.9. The number of hydrogen-bond donors (Lipinski definition) is 0. The van der Waals surface area contributed by atoms with Crippen molar-refractivity contribution in [2.24, 2.45) is 0 Å². The molecule has 0 heterocycles. The van der Waals surface area contributed by atoms with Crippen molar-refractivity contribution in [1.29, 1.82) is 0 Å². The molecular weight excluding hydrogens is 709 g/mol. The molecule has 0 amide bonds. The van der Waals surface area contributed by atoms with Gasteiger partial charge in [-0.15, -0.1) is 0 Å². The molecule has 0 aliphatic rings. The molecule has 0 aromatic heterocycles.